The van der Waals surface area contributed by atoms with Crippen LogP contribution in [0, 0.1) is 5.92 Å². The third-order valence-electron chi connectivity index (χ3n) is 2.86. The summed E-state index contributed by atoms with van der Waals surface area (Å²) in [7, 11) is 0. The standard InChI is InChI=1S/C14H29NO7/c15-22-13-20-10-8-18-6-4-16-3-5-17-7-9-19-12-21-11-14-1-2-14/h14H,1-13,15H2. The fourth-order valence-corrected chi connectivity index (χ4v) is 1.50. The van der Waals surface area contributed by atoms with E-state index in [2.05, 4.69) is 4.84 Å². The van der Waals surface area contributed by atoms with E-state index in [9.17, 15) is 0 Å². The molecule has 8 heteroatoms. The highest BCUT2D eigenvalue weighted by atomic mass is 16.7. The number of ether oxygens (including phenoxy) is 6. The van der Waals surface area contributed by atoms with Gasteiger partial charge in [-0.15, -0.1) is 0 Å². The predicted octanol–water partition coefficient (Wildman–Crippen LogP) is 0.301. The van der Waals surface area contributed by atoms with Crippen LogP contribution < -0.4 is 5.90 Å². The van der Waals surface area contributed by atoms with Crippen molar-refractivity contribution in [3.63, 3.8) is 0 Å². The molecule has 0 aliphatic heterocycles. The Labute approximate surface area is 132 Å². The first kappa shape index (κ1) is 19.7. The van der Waals surface area contributed by atoms with Crippen LogP contribution in [-0.4, -0.2) is 73.0 Å². The molecule has 8 nitrogen and oxygen atoms in total. The van der Waals surface area contributed by atoms with Gasteiger partial charge in [0, 0.05) is 0 Å². The highest BCUT2D eigenvalue weighted by Gasteiger charge is 2.20. The molecule has 1 fully saturated rings. The molecule has 1 aliphatic rings. The first-order chi connectivity index (χ1) is 10.9. The molecular formula is C14H29NO7. The molecule has 0 atom stereocenters. The summed E-state index contributed by atoms with van der Waals surface area (Å²) in [5.41, 5.74) is 0. The fraction of sp³-hybridized carbons (Fsp3) is 1.00. The summed E-state index contributed by atoms with van der Waals surface area (Å²) in [6, 6.07) is 0. The Morgan fingerprint density at radius 2 is 1.05 bits per heavy atom. The summed E-state index contributed by atoms with van der Waals surface area (Å²) in [4.78, 5) is 4.24. The second-order valence-corrected chi connectivity index (χ2v) is 4.87. The number of rotatable bonds is 18. The normalized spacial score (nSPS) is 14.6. The molecule has 22 heavy (non-hydrogen) atoms. The van der Waals surface area contributed by atoms with E-state index in [0.717, 1.165) is 12.5 Å². The van der Waals surface area contributed by atoms with Crippen LogP contribution in [0.25, 0.3) is 0 Å². The Hall–Kier alpha value is -0.320. The lowest BCUT2D eigenvalue weighted by Crippen LogP contribution is -2.14. The summed E-state index contributed by atoms with van der Waals surface area (Å²) in [5, 5.41) is 0. The van der Waals surface area contributed by atoms with Gasteiger partial charge in [-0.3, -0.25) is 4.84 Å². The van der Waals surface area contributed by atoms with Gasteiger partial charge >= 0.3 is 0 Å². The zero-order valence-corrected chi connectivity index (χ0v) is 13.2. The molecule has 0 aromatic heterocycles. The molecule has 1 aliphatic carbocycles. The van der Waals surface area contributed by atoms with Crippen molar-refractivity contribution in [1.29, 1.82) is 0 Å². The predicted molar refractivity (Wildman–Crippen MR) is 78.0 cm³/mol. The van der Waals surface area contributed by atoms with Crippen molar-refractivity contribution in [3.05, 3.63) is 0 Å². The van der Waals surface area contributed by atoms with Crippen LogP contribution in [0.15, 0.2) is 0 Å². The minimum atomic E-state index is 0.0769. The molecule has 0 bridgehead atoms. The number of hydrogen-bond acceptors (Lipinski definition) is 8. The third kappa shape index (κ3) is 14.6. The molecule has 0 saturated heterocycles. The minimum absolute atomic E-state index is 0.0769. The molecule has 132 valence electrons. The highest BCUT2D eigenvalue weighted by Crippen LogP contribution is 2.28. The van der Waals surface area contributed by atoms with E-state index < -0.39 is 0 Å². The van der Waals surface area contributed by atoms with Crippen molar-refractivity contribution in [1.82, 2.24) is 0 Å². The summed E-state index contributed by atoms with van der Waals surface area (Å²) in [6.07, 6.45) is 2.59. The van der Waals surface area contributed by atoms with Gasteiger partial charge < -0.3 is 28.4 Å². The molecule has 0 amide bonds. The van der Waals surface area contributed by atoms with Crippen molar-refractivity contribution in [2.24, 2.45) is 11.8 Å². The third-order valence-corrected chi connectivity index (χ3v) is 2.86. The van der Waals surface area contributed by atoms with Crippen LogP contribution in [-0.2, 0) is 33.3 Å². The molecule has 0 radical (unpaired) electrons. The maximum absolute atomic E-state index is 5.35. The van der Waals surface area contributed by atoms with Gasteiger partial charge in [0.05, 0.1) is 59.5 Å². The van der Waals surface area contributed by atoms with E-state index in [4.69, 9.17) is 34.3 Å². The quantitative estimate of drug-likeness (QED) is 0.219. The van der Waals surface area contributed by atoms with Gasteiger partial charge in [0.1, 0.15) is 6.79 Å². The average Bonchev–Trinajstić information content (AvgIpc) is 3.34. The van der Waals surface area contributed by atoms with Crippen LogP contribution in [0.5, 0.6) is 0 Å². The maximum atomic E-state index is 5.35. The van der Waals surface area contributed by atoms with Crippen LogP contribution in [0.1, 0.15) is 12.8 Å². The second-order valence-electron chi connectivity index (χ2n) is 4.87. The molecule has 2 N–H and O–H groups in total. The Balaban J connectivity index is 1.59. The molecule has 1 rings (SSSR count). The molecule has 0 aromatic rings. The number of nitrogens with two attached hydrogens (primary N) is 1. The van der Waals surface area contributed by atoms with Crippen LogP contribution in [0.2, 0.25) is 0 Å². The first-order valence-electron chi connectivity index (χ1n) is 7.71. The molecule has 0 unspecified atom stereocenters. The van der Waals surface area contributed by atoms with Crippen molar-refractivity contribution in [3.8, 4) is 0 Å². The Morgan fingerprint density at radius 3 is 1.50 bits per heavy atom. The van der Waals surface area contributed by atoms with Crippen molar-refractivity contribution >= 4 is 0 Å². The molecule has 0 spiro atoms. The molecule has 0 heterocycles. The second kappa shape index (κ2) is 15.6. The Morgan fingerprint density at radius 1 is 0.591 bits per heavy atom. The van der Waals surface area contributed by atoms with E-state index in [1.165, 1.54) is 12.8 Å². The van der Waals surface area contributed by atoms with Gasteiger partial charge in [0.2, 0.25) is 0 Å². The van der Waals surface area contributed by atoms with Crippen molar-refractivity contribution < 1.29 is 33.3 Å². The van der Waals surface area contributed by atoms with Crippen molar-refractivity contribution in [2.45, 2.75) is 12.8 Å². The van der Waals surface area contributed by atoms with Gasteiger partial charge in [-0.25, -0.2) is 5.90 Å². The molecular weight excluding hydrogens is 294 g/mol. The Bertz CT molecular complexity index is 229. The van der Waals surface area contributed by atoms with E-state index in [0.29, 0.717) is 59.6 Å². The topological polar surface area (TPSA) is 90.6 Å². The van der Waals surface area contributed by atoms with Crippen LogP contribution in [0.4, 0.5) is 0 Å². The van der Waals surface area contributed by atoms with Crippen LogP contribution >= 0.6 is 0 Å². The molecule has 0 aromatic carbocycles. The van der Waals surface area contributed by atoms with E-state index in [1.807, 2.05) is 0 Å². The highest BCUT2D eigenvalue weighted by molar-refractivity contribution is 4.71. The van der Waals surface area contributed by atoms with Gasteiger partial charge in [0.15, 0.2) is 6.79 Å². The first-order valence-corrected chi connectivity index (χ1v) is 7.71. The minimum Gasteiger partial charge on any atom is -0.377 e. The largest absolute Gasteiger partial charge is 0.377 e. The van der Waals surface area contributed by atoms with Gasteiger partial charge in [-0.05, 0) is 18.8 Å². The van der Waals surface area contributed by atoms with E-state index in [1.54, 1.807) is 0 Å². The zero-order chi connectivity index (χ0) is 15.7. The van der Waals surface area contributed by atoms with Gasteiger partial charge in [0.25, 0.3) is 0 Å². The summed E-state index contributed by atoms with van der Waals surface area (Å²) >= 11 is 0. The lowest BCUT2D eigenvalue weighted by molar-refractivity contribution is -0.0789. The molecule has 1 saturated carbocycles. The van der Waals surface area contributed by atoms with Gasteiger partial charge in [-0.1, -0.05) is 0 Å². The van der Waals surface area contributed by atoms with Gasteiger partial charge in [-0.2, -0.15) is 0 Å². The Kier molecular flexibility index (Phi) is 14.0. The van der Waals surface area contributed by atoms with Crippen molar-refractivity contribution in [2.75, 3.05) is 73.0 Å². The zero-order valence-electron chi connectivity index (χ0n) is 13.2. The smallest absolute Gasteiger partial charge is 0.166 e. The summed E-state index contributed by atoms with van der Waals surface area (Å²) < 4.78 is 31.5. The monoisotopic (exact) mass is 323 g/mol. The lowest BCUT2D eigenvalue weighted by Gasteiger charge is -2.08. The van der Waals surface area contributed by atoms with E-state index in [-0.39, 0.29) is 6.79 Å². The lowest BCUT2D eigenvalue weighted by atomic mass is 10.5. The maximum Gasteiger partial charge on any atom is 0.166 e. The number of hydrogen-bond donors (Lipinski definition) is 1. The average molecular weight is 323 g/mol. The summed E-state index contributed by atoms with van der Waals surface area (Å²) in [5.74, 6) is 5.56. The fourth-order valence-electron chi connectivity index (χ4n) is 1.50. The SMILES string of the molecule is NOCOCCOCCOCCOCCOCOCC1CC1. The van der Waals surface area contributed by atoms with E-state index >= 15 is 0 Å². The van der Waals surface area contributed by atoms with Crippen LogP contribution in [0.3, 0.4) is 0 Å². The summed E-state index contributed by atoms with van der Waals surface area (Å²) in [6.45, 7) is 5.42.